The number of nitrogens with zero attached hydrogens (tertiary/aromatic N) is 2. The first-order chi connectivity index (χ1) is 18.0. The van der Waals surface area contributed by atoms with Gasteiger partial charge in [0.05, 0.1) is 54.2 Å². The Kier molecular flexibility index (Phi) is 7.50. The topological polar surface area (TPSA) is 101 Å². The third kappa shape index (κ3) is 5.09. The minimum Gasteiger partial charge on any atom is -0.493 e. The van der Waals surface area contributed by atoms with Crippen LogP contribution >= 0.6 is 11.6 Å². The Bertz CT molecular complexity index is 1290. The van der Waals surface area contributed by atoms with Crippen LogP contribution in [0.2, 0.25) is 5.02 Å². The third-order valence-electron chi connectivity index (χ3n) is 6.61. The number of methoxy groups -OCH3 is 1. The first kappa shape index (κ1) is 25.3. The van der Waals surface area contributed by atoms with E-state index in [1.807, 2.05) is 7.05 Å². The number of H-pyrrole nitrogens is 1. The molecule has 2 aliphatic heterocycles. The molecule has 1 fully saturated rings. The molecule has 2 aliphatic rings. The van der Waals surface area contributed by atoms with Gasteiger partial charge in [0.25, 0.3) is 5.91 Å². The van der Waals surface area contributed by atoms with Crippen LogP contribution in [0.3, 0.4) is 0 Å². The van der Waals surface area contributed by atoms with Crippen molar-refractivity contribution in [2.75, 3.05) is 59.0 Å². The number of ether oxygens (including phenoxy) is 3. The SMILES string of the molecule is COc1c(Cl)cccc1Nc1c(-c2ccncc2OC[C@@H]2CN(C)CCO2)[nH]c2c1C(=O)NC[C@@H]2CF. The van der Waals surface area contributed by atoms with E-state index in [9.17, 15) is 9.18 Å². The van der Waals surface area contributed by atoms with Crippen LogP contribution in [0.4, 0.5) is 15.8 Å². The van der Waals surface area contributed by atoms with E-state index in [2.05, 4.69) is 25.5 Å². The Morgan fingerprint density at radius 3 is 3.00 bits per heavy atom. The van der Waals surface area contributed by atoms with Crippen LogP contribution in [-0.2, 0) is 4.74 Å². The lowest BCUT2D eigenvalue weighted by Crippen LogP contribution is -2.42. The lowest BCUT2D eigenvalue weighted by atomic mass is 9.97. The Hall–Kier alpha value is -3.34. The quantitative estimate of drug-likeness (QED) is 0.405. The van der Waals surface area contributed by atoms with E-state index in [0.717, 1.165) is 13.1 Å². The summed E-state index contributed by atoms with van der Waals surface area (Å²) >= 11 is 6.35. The number of rotatable bonds is 8. The summed E-state index contributed by atoms with van der Waals surface area (Å²) in [5.74, 6) is 0.117. The second kappa shape index (κ2) is 11.0. The average Bonchev–Trinajstić information content (AvgIpc) is 3.28. The Morgan fingerprint density at radius 2 is 2.22 bits per heavy atom. The van der Waals surface area contributed by atoms with Gasteiger partial charge >= 0.3 is 0 Å². The highest BCUT2D eigenvalue weighted by atomic mass is 35.5. The minimum absolute atomic E-state index is 0.0846. The fourth-order valence-electron chi connectivity index (χ4n) is 4.73. The lowest BCUT2D eigenvalue weighted by Gasteiger charge is -2.30. The van der Waals surface area contributed by atoms with Crippen molar-refractivity contribution in [1.29, 1.82) is 0 Å². The number of hydrogen-bond acceptors (Lipinski definition) is 7. The molecule has 196 valence electrons. The number of para-hydroxylation sites is 1. The van der Waals surface area contributed by atoms with Crippen LogP contribution in [-0.4, -0.2) is 80.6 Å². The Morgan fingerprint density at radius 1 is 1.35 bits per heavy atom. The van der Waals surface area contributed by atoms with Gasteiger partial charge in [0.15, 0.2) is 5.75 Å². The number of anilines is 2. The first-order valence-electron chi connectivity index (χ1n) is 12.1. The van der Waals surface area contributed by atoms with E-state index in [-0.39, 0.29) is 18.6 Å². The van der Waals surface area contributed by atoms with E-state index in [1.165, 1.54) is 7.11 Å². The molecule has 11 heteroatoms. The second-order valence-electron chi connectivity index (χ2n) is 9.11. The molecule has 9 nitrogen and oxygen atoms in total. The smallest absolute Gasteiger partial charge is 0.255 e. The first-order valence-corrected chi connectivity index (χ1v) is 12.4. The molecule has 3 N–H and O–H groups in total. The van der Waals surface area contributed by atoms with Gasteiger partial charge in [-0.15, -0.1) is 0 Å². The number of pyridine rings is 1. The number of fused-ring (bicyclic) bond motifs is 1. The van der Waals surface area contributed by atoms with Crippen molar-refractivity contribution in [3.05, 3.63) is 52.9 Å². The van der Waals surface area contributed by atoms with Gasteiger partial charge in [0, 0.05) is 43.0 Å². The van der Waals surface area contributed by atoms with Gasteiger partial charge in [-0.2, -0.15) is 0 Å². The summed E-state index contributed by atoms with van der Waals surface area (Å²) in [4.78, 5) is 22.8. The van der Waals surface area contributed by atoms with Crippen LogP contribution in [0.25, 0.3) is 11.3 Å². The molecule has 0 aliphatic carbocycles. The molecule has 1 saturated heterocycles. The molecule has 0 unspecified atom stereocenters. The molecular formula is C26H29ClFN5O4. The van der Waals surface area contributed by atoms with Crippen molar-refractivity contribution in [1.82, 2.24) is 20.2 Å². The molecule has 0 spiro atoms. The van der Waals surface area contributed by atoms with Crippen molar-refractivity contribution in [2.24, 2.45) is 0 Å². The number of carbonyl (C=O) groups excluding carboxylic acids is 1. The highest BCUT2D eigenvalue weighted by Crippen LogP contribution is 2.44. The molecule has 3 aromatic rings. The normalized spacial score (nSPS) is 19.7. The Labute approximate surface area is 219 Å². The van der Waals surface area contributed by atoms with Gasteiger partial charge < -0.3 is 34.7 Å². The maximum absolute atomic E-state index is 14.0. The highest BCUT2D eigenvalue weighted by molar-refractivity contribution is 6.32. The molecule has 1 aromatic carbocycles. The van der Waals surface area contributed by atoms with Crippen LogP contribution in [0.1, 0.15) is 22.0 Å². The minimum atomic E-state index is -0.626. The number of nitrogens with one attached hydrogen (secondary N) is 3. The number of aromatic nitrogens is 2. The van der Waals surface area contributed by atoms with Crippen LogP contribution in [0, 0.1) is 0 Å². The predicted octanol–water partition coefficient (Wildman–Crippen LogP) is 3.99. The van der Waals surface area contributed by atoms with Crippen LogP contribution in [0.5, 0.6) is 11.5 Å². The summed E-state index contributed by atoms with van der Waals surface area (Å²) in [5, 5.41) is 6.53. The van der Waals surface area contributed by atoms with E-state index < -0.39 is 12.6 Å². The predicted molar refractivity (Wildman–Crippen MR) is 139 cm³/mol. The standard InChI is InChI=1S/C26H29ClFN5O4/c1-33-8-9-36-16(13-33)14-37-20-12-29-7-6-17(20)23-24(31-19-5-3-4-18(27)25(19)35-2)21-22(32-23)15(10-28)11-30-26(21)34/h3-7,12,15-16,31-32H,8-11,13-14H2,1-2H3,(H,30,34)/t15-,16-/m0/s1. The number of likely N-dealkylation sites (N-methyl/N-ethyl adjacent to an activating group) is 1. The van der Waals surface area contributed by atoms with Gasteiger partial charge in [-0.25, -0.2) is 0 Å². The lowest BCUT2D eigenvalue weighted by molar-refractivity contribution is -0.0403. The molecule has 2 aromatic heterocycles. The molecule has 0 saturated carbocycles. The number of carbonyl (C=O) groups is 1. The summed E-state index contributed by atoms with van der Waals surface area (Å²) in [6.07, 6.45) is 3.18. The Balaban J connectivity index is 1.58. The molecule has 5 rings (SSSR count). The number of aromatic amines is 1. The van der Waals surface area contributed by atoms with Gasteiger partial charge in [0.1, 0.15) is 18.5 Å². The van der Waals surface area contributed by atoms with Gasteiger partial charge in [0.2, 0.25) is 0 Å². The summed E-state index contributed by atoms with van der Waals surface area (Å²) in [6, 6.07) is 7.08. The number of halogens is 2. The fourth-order valence-corrected chi connectivity index (χ4v) is 4.98. The zero-order chi connectivity index (χ0) is 25.9. The van der Waals surface area contributed by atoms with Crippen LogP contribution in [0.15, 0.2) is 36.7 Å². The monoisotopic (exact) mass is 529 g/mol. The summed E-state index contributed by atoms with van der Waals surface area (Å²) in [6.45, 7) is 2.19. The van der Waals surface area contributed by atoms with E-state index in [1.54, 1.807) is 36.7 Å². The zero-order valence-corrected chi connectivity index (χ0v) is 21.4. The number of hydrogen-bond donors (Lipinski definition) is 3. The van der Waals surface area contributed by atoms with Crippen LogP contribution < -0.4 is 20.1 Å². The summed E-state index contributed by atoms with van der Waals surface area (Å²) in [5.41, 5.74) is 3.12. The maximum atomic E-state index is 14.0. The third-order valence-corrected chi connectivity index (χ3v) is 6.91. The maximum Gasteiger partial charge on any atom is 0.255 e. The number of benzene rings is 1. The average molecular weight is 530 g/mol. The van der Waals surface area contributed by atoms with Gasteiger partial charge in [-0.05, 0) is 25.2 Å². The fraction of sp³-hybridized carbons (Fsp3) is 0.385. The molecule has 2 atom stereocenters. The molecule has 1 amide bonds. The van der Waals surface area contributed by atoms with Crippen molar-refractivity contribution in [3.8, 4) is 22.8 Å². The number of alkyl halides is 1. The van der Waals surface area contributed by atoms with Gasteiger partial charge in [-0.1, -0.05) is 17.7 Å². The van der Waals surface area contributed by atoms with Crippen molar-refractivity contribution < 1.29 is 23.4 Å². The second-order valence-corrected chi connectivity index (χ2v) is 9.52. The van der Waals surface area contributed by atoms with Crippen molar-refractivity contribution in [3.63, 3.8) is 0 Å². The van der Waals surface area contributed by atoms with Crippen molar-refractivity contribution >= 4 is 28.9 Å². The summed E-state index contributed by atoms with van der Waals surface area (Å²) < 4.78 is 31.5. The zero-order valence-electron chi connectivity index (χ0n) is 20.6. The molecule has 0 radical (unpaired) electrons. The van der Waals surface area contributed by atoms with Crippen molar-refractivity contribution in [2.45, 2.75) is 12.0 Å². The molecular weight excluding hydrogens is 501 g/mol. The van der Waals surface area contributed by atoms with Gasteiger partial charge in [-0.3, -0.25) is 14.2 Å². The van der Waals surface area contributed by atoms with E-state index in [4.69, 9.17) is 25.8 Å². The van der Waals surface area contributed by atoms with E-state index in [0.29, 0.717) is 63.6 Å². The largest absolute Gasteiger partial charge is 0.493 e. The molecule has 4 heterocycles. The molecule has 0 bridgehead atoms. The number of amides is 1. The van der Waals surface area contributed by atoms with E-state index >= 15 is 0 Å². The summed E-state index contributed by atoms with van der Waals surface area (Å²) in [7, 11) is 3.56. The number of morpholine rings is 1. The highest BCUT2D eigenvalue weighted by Gasteiger charge is 2.34. The molecule has 37 heavy (non-hydrogen) atoms.